The first-order chi connectivity index (χ1) is 11.2. The minimum atomic E-state index is -0.0381. The van der Waals surface area contributed by atoms with Crippen molar-refractivity contribution in [1.82, 2.24) is 0 Å². The van der Waals surface area contributed by atoms with Crippen molar-refractivity contribution in [3.8, 4) is 11.3 Å². The molecular formula is C19H15NO2S. The fourth-order valence-corrected chi connectivity index (χ4v) is 3.93. The number of thioether (sulfide) groups is 1. The lowest BCUT2D eigenvalue weighted by Gasteiger charge is -2.17. The van der Waals surface area contributed by atoms with Gasteiger partial charge in [-0.3, -0.25) is 4.79 Å². The molecule has 0 radical (unpaired) electrons. The summed E-state index contributed by atoms with van der Waals surface area (Å²) in [5.74, 6) is 1.37. The number of hydrogen-bond donors (Lipinski definition) is 0. The van der Waals surface area contributed by atoms with Crippen molar-refractivity contribution in [2.75, 3.05) is 11.4 Å². The van der Waals surface area contributed by atoms with Crippen molar-refractivity contribution in [2.45, 2.75) is 11.8 Å². The average molecular weight is 321 g/mol. The largest absolute Gasteiger partial charge is 0.457 e. The van der Waals surface area contributed by atoms with E-state index in [-0.39, 0.29) is 5.43 Å². The minimum absolute atomic E-state index is 0.0381. The van der Waals surface area contributed by atoms with Crippen molar-refractivity contribution in [3.05, 3.63) is 75.6 Å². The third kappa shape index (κ3) is 2.55. The van der Waals surface area contributed by atoms with Gasteiger partial charge in [-0.2, -0.15) is 0 Å². The average Bonchev–Trinajstić information content (AvgIpc) is 2.91. The van der Waals surface area contributed by atoms with Gasteiger partial charge in [-0.15, -0.1) is 0 Å². The Kier molecular flexibility index (Phi) is 3.46. The van der Waals surface area contributed by atoms with Gasteiger partial charge in [0.15, 0.2) is 5.43 Å². The van der Waals surface area contributed by atoms with Crippen LogP contribution in [0.5, 0.6) is 0 Å². The molecule has 0 N–H and O–H groups in total. The maximum atomic E-state index is 11.5. The summed E-state index contributed by atoms with van der Waals surface area (Å²) in [6.45, 7) is 3.03. The van der Waals surface area contributed by atoms with E-state index in [0.717, 1.165) is 22.9 Å². The van der Waals surface area contributed by atoms with E-state index >= 15 is 0 Å². The number of anilines is 1. The van der Waals surface area contributed by atoms with E-state index in [1.54, 1.807) is 23.9 Å². The Morgan fingerprint density at radius 2 is 1.96 bits per heavy atom. The monoisotopic (exact) mass is 321 g/mol. The fourth-order valence-electron chi connectivity index (χ4n) is 2.76. The van der Waals surface area contributed by atoms with Crippen LogP contribution in [0.15, 0.2) is 73.7 Å². The van der Waals surface area contributed by atoms with Gasteiger partial charge in [0.1, 0.15) is 11.5 Å². The first-order valence-corrected chi connectivity index (χ1v) is 8.36. The molecule has 0 saturated carbocycles. The zero-order valence-electron chi connectivity index (χ0n) is 12.7. The summed E-state index contributed by atoms with van der Waals surface area (Å²) in [5, 5.41) is 1.13. The van der Waals surface area contributed by atoms with Crippen LogP contribution in [-0.4, -0.2) is 6.54 Å². The van der Waals surface area contributed by atoms with E-state index in [9.17, 15) is 4.79 Å². The number of para-hydroxylation sites is 1. The van der Waals surface area contributed by atoms with Gasteiger partial charge in [0.25, 0.3) is 0 Å². The topological polar surface area (TPSA) is 33.5 Å². The molecule has 1 aliphatic carbocycles. The maximum Gasteiger partial charge on any atom is 0.182 e. The molecule has 0 amide bonds. The van der Waals surface area contributed by atoms with Gasteiger partial charge >= 0.3 is 0 Å². The Morgan fingerprint density at radius 1 is 1.13 bits per heavy atom. The fraction of sp³-hybridized carbons (Fsp3) is 0.105. The van der Waals surface area contributed by atoms with Gasteiger partial charge in [0.2, 0.25) is 0 Å². The quantitative estimate of drug-likeness (QED) is 0.686. The second kappa shape index (κ2) is 5.63. The lowest BCUT2D eigenvalue weighted by atomic mass is 10.1. The Balaban J connectivity index is 1.77. The smallest absolute Gasteiger partial charge is 0.182 e. The van der Waals surface area contributed by atoms with Gasteiger partial charge in [0.05, 0.1) is 10.7 Å². The third-order valence-corrected chi connectivity index (χ3v) is 4.97. The predicted octanol–water partition coefficient (Wildman–Crippen LogP) is 4.68. The van der Waals surface area contributed by atoms with Gasteiger partial charge in [0, 0.05) is 29.1 Å². The highest BCUT2D eigenvalue weighted by Crippen LogP contribution is 2.46. The third-order valence-electron chi connectivity index (χ3n) is 3.86. The van der Waals surface area contributed by atoms with Gasteiger partial charge in [-0.25, -0.2) is 0 Å². The molecule has 3 aliphatic rings. The van der Waals surface area contributed by atoms with Crippen LogP contribution in [0.1, 0.15) is 12.7 Å². The van der Waals surface area contributed by atoms with Crippen molar-refractivity contribution < 1.29 is 4.42 Å². The summed E-state index contributed by atoms with van der Waals surface area (Å²) in [7, 11) is 0. The lowest BCUT2D eigenvalue weighted by Crippen LogP contribution is -2.16. The highest BCUT2D eigenvalue weighted by atomic mass is 32.2. The van der Waals surface area contributed by atoms with Gasteiger partial charge < -0.3 is 9.32 Å². The summed E-state index contributed by atoms with van der Waals surface area (Å²) < 4.78 is 5.88. The molecule has 4 rings (SSSR count). The molecule has 2 aliphatic heterocycles. The SMILES string of the molecule is CCN1C(=Cc2ccc3ccc(=O)cc-3o2)Sc2ccccc21. The second-order valence-electron chi connectivity index (χ2n) is 5.33. The van der Waals surface area contributed by atoms with Gasteiger partial charge in [-0.1, -0.05) is 23.9 Å². The predicted molar refractivity (Wildman–Crippen MR) is 94.9 cm³/mol. The van der Waals surface area contributed by atoms with Crippen LogP contribution < -0.4 is 10.3 Å². The van der Waals surface area contributed by atoms with E-state index in [1.807, 2.05) is 18.2 Å². The molecule has 0 unspecified atom stereocenters. The summed E-state index contributed by atoms with van der Waals surface area (Å²) in [6, 6.07) is 17.2. The molecule has 1 aromatic rings. The highest BCUT2D eigenvalue weighted by Gasteiger charge is 2.23. The Bertz CT molecular complexity index is 929. The van der Waals surface area contributed by atoms with Crippen LogP contribution >= 0.6 is 11.8 Å². The molecule has 0 bridgehead atoms. The normalized spacial score (nSPS) is 15.3. The maximum absolute atomic E-state index is 11.5. The van der Waals surface area contributed by atoms with Crippen LogP contribution in [0.25, 0.3) is 17.4 Å². The molecule has 2 heterocycles. The lowest BCUT2D eigenvalue weighted by molar-refractivity contribution is 0.553. The van der Waals surface area contributed by atoms with E-state index in [2.05, 4.69) is 36.1 Å². The van der Waals surface area contributed by atoms with Crippen LogP contribution in [0, 0.1) is 0 Å². The standard InChI is InChI=1S/C19H15NO2S/c1-2-20-16-5-3-4-6-18(16)23-19(20)12-15-10-8-13-7-9-14(21)11-17(13)22-15/h3-12H,2H2,1H3. The van der Waals surface area contributed by atoms with Crippen LogP contribution in [0.4, 0.5) is 5.69 Å². The zero-order chi connectivity index (χ0) is 15.8. The highest BCUT2D eigenvalue weighted by molar-refractivity contribution is 8.03. The summed E-state index contributed by atoms with van der Waals surface area (Å²) in [5.41, 5.74) is 2.12. The Morgan fingerprint density at radius 3 is 2.83 bits per heavy atom. The van der Waals surface area contributed by atoms with Crippen molar-refractivity contribution in [1.29, 1.82) is 0 Å². The number of rotatable bonds is 2. The van der Waals surface area contributed by atoms with Crippen LogP contribution in [0.3, 0.4) is 0 Å². The first-order valence-electron chi connectivity index (χ1n) is 7.54. The van der Waals surface area contributed by atoms with Crippen molar-refractivity contribution in [3.63, 3.8) is 0 Å². The molecular weight excluding hydrogens is 306 g/mol. The molecule has 114 valence electrons. The van der Waals surface area contributed by atoms with Gasteiger partial charge in [-0.05, 0) is 43.3 Å². The minimum Gasteiger partial charge on any atom is -0.457 e. The molecule has 1 aromatic carbocycles. The molecule has 0 aromatic heterocycles. The van der Waals surface area contributed by atoms with E-state index in [4.69, 9.17) is 4.42 Å². The second-order valence-corrected chi connectivity index (χ2v) is 6.40. The molecule has 3 nitrogen and oxygen atoms in total. The zero-order valence-corrected chi connectivity index (χ0v) is 13.5. The summed E-state index contributed by atoms with van der Waals surface area (Å²) >= 11 is 1.74. The Hall–Kier alpha value is -2.46. The Labute approximate surface area is 138 Å². The van der Waals surface area contributed by atoms with E-state index in [1.165, 1.54) is 16.6 Å². The van der Waals surface area contributed by atoms with Crippen molar-refractivity contribution >= 4 is 23.5 Å². The first kappa shape index (κ1) is 14.2. The summed E-state index contributed by atoms with van der Waals surface area (Å²) in [6.07, 6.45) is 2.03. The van der Waals surface area contributed by atoms with Crippen LogP contribution in [0.2, 0.25) is 0 Å². The molecule has 0 atom stereocenters. The van der Waals surface area contributed by atoms with E-state index < -0.39 is 0 Å². The van der Waals surface area contributed by atoms with Crippen molar-refractivity contribution in [2.24, 2.45) is 0 Å². The molecule has 4 heteroatoms. The number of fused-ring (bicyclic) bond motifs is 2. The summed E-state index contributed by atoms with van der Waals surface area (Å²) in [4.78, 5) is 15.0. The number of benzene rings is 2. The van der Waals surface area contributed by atoms with Crippen LogP contribution in [-0.2, 0) is 0 Å². The molecule has 0 fully saturated rings. The molecule has 0 spiro atoms. The number of nitrogens with zero attached hydrogens (tertiary/aromatic N) is 1. The molecule has 0 saturated heterocycles. The molecule has 23 heavy (non-hydrogen) atoms. The number of hydrogen-bond acceptors (Lipinski definition) is 4. The van der Waals surface area contributed by atoms with E-state index in [0.29, 0.717) is 5.76 Å².